The van der Waals surface area contributed by atoms with Crippen molar-refractivity contribution < 1.29 is 9.13 Å². The second kappa shape index (κ2) is 7.61. The Morgan fingerprint density at radius 1 is 1.53 bits per heavy atom. The minimum Gasteiger partial charge on any atom is -0.385 e. The molecule has 0 saturated carbocycles. The zero-order valence-electron chi connectivity index (χ0n) is 9.88. The molecule has 0 saturated heterocycles. The number of nitrogens with two attached hydrogens (primary N) is 1. The van der Waals surface area contributed by atoms with Crippen LogP contribution in [-0.2, 0) is 11.2 Å². The van der Waals surface area contributed by atoms with Crippen molar-refractivity contribution in [3.8, 4) is 0 Å². The van der Waals surface area contributed by atoms with Crippen molar-refractivity contribution in [1.29, 1.82) is 0 Å². The van der Waals surface area contributed by atoms with Crippen LogP contribution in [0.15, 0.2) is 18.2 Å². The van der Waals surface area contributed by atoms with E-state index in [2.05, 4.69) is 5.43 Å². The zero-order chi connectivity index (χ0) is 12.7. The molecule has 0 radical (unpaired) electrons. The van der Waals surface area contributed by atoms with Crippen LogP contribution in [0, 0.1) is 5.82 Å². The highest BCUT2D eigenvalue weighted by Gasteiger charge is 2.11. The van der Waals surface area contributed by atoms with Gasteiger partial charge in [-0.15, -0.1) is 0 Å². The molecule has 0 fully saturated rings. The minimum absolute atomic E-state index is 0.0260. The number of hydrogen-bond acceptors (Lipinski definition) is 3. The van der Waals surface area contributed by atoms with Crippen LogP contribution >= 0.6 is 11.6 Å². The van der Waals surface area contributed by atoms with Crippen LogP contribution in [0.4, 0.5) is 4.39 Å². The van der Waals surface area contributed by atoms with Crippen LogP contribution in [0.3, 0.4) is 0 Å². The molecule has 1 aromatic carbocycles. The first-order valence-corrected chi connectivity index (χ1v) is 5.94. The number of hydrogen-bond donors (Lipinski definition) is 2. The van der Waals surface area contributed by atoms with Gasteiger partial charge < -0.3 is 4.74 Å². The average molecular weight is 261 g/mol. The Kier molecular flexibility index (Phi) is 6.44. The van der Waals surface area contributed by atoms with Crippen molar-refractivity contribution >= 4 is 11.6 Å². The van der Waals surface area contributed by atoms with Gasteiger partial charge in [0.25, 0.3) is 0 Å². The highest BCUT2D eigenvalue weighted by Crippen LogP contribution is 2.17. The quantitative estimate of drug-likeness (QED) is 0.449. The van der Waals surface area contributed by atoms with Gasteiger partial charge in [0.05, 0.1) is 0 Å². The molecule has 1 unspecified atom stereocenters. The molecule has 0 amide bonds. The number of methoxy groups -OCH3 is 1. The molecule has 0 aliphatic heterocycles. The van der Waals surface area contributed by atoms with Crippen LogP contribution < -0.4 is 11.3 Å². The fourth-order valence-electron chi connectivity index (χ4n) is 1.68. The van der Waals surface area contributed by atoms with Gasteiger partial charge in [-0.2, -0.15) is 0 Å². The molecule has 5 heteroatoms. The molecule has 0 heterocycles. The molecule has 1 atom stereocenters. The molecular weight excluding hydrogens is 243 g/mol. The summed E-state index contributed by atoms with van der Waals surface area (Å²) < 4.78 is 18.5. The maximum atomic E-state index is 13.5. The van der Waals surface area contributed by atoms with E-state index in [0.717, 1.165) is 12.8 Å². The van der Waals surface area contributed by atoms with Crippen molar-refractivity contribution in [2.24, 2.45) is 5.84 Å². The molecule has 0 spiro atoms. The molecule has 3 N–H and O–H groups in total. The van der Waals surface area contributed by atoms with Gasteiger partial charge >= 0.3 is 0 Å². The Morgan fingerprint density at radius 3 is 2.94 bits per heavy atom. The molecule has 0 aliphatic carbocycles. The predicted molar refractivity (Wildman–Crippen MR) is 67.3 cm³/mol. The lowest BCUT2D eigenvalue weighted by molar-refractivity contribution is 0.188. The van der Waals surface area contributed by atoms with Gasteiger partial charge in [0, 0.05) is 24.8 Å². The van der Waals surface area contributed by atoms with E-state index < -0.39 is 0 Å². The van der Waals surface area contributed by atoms with Crippen LogP contribution in [0.5, 0.6) is 0 Å². The van der Waals surface area contributed by atoms with Crippen molar-refractivity contribution in [3.63, 3.8) is 0 Å². The van der Waals surface area contributed by atoms with Crippen LogP contribution in [0.2, 0.25) is 5.02 Å². The maximum absolute atomic E-state index is 13.5. The average Bonchev–Trinajstić information content (AvgIpc) is 2.32. The third-order valence-corrected chi connectivity index (χ3v) is 2.85. The summed E-state index contributed by atoms with van der Waals surface area (Å²) in [7, 11) is 1.65. The molecule has 1 aromatic rings. The summed E-state index contributed by atoms with van der Waals surface area (Å²) in [6.45, 7) is 0.677. The van der Waals surface area contributed by atoms with Crippen LogP contribution in [0.25, 0.3) is 0 Å². The van der Waals surface area contributed by atoms with E-state index in [9.17, 15) is 4.39 Å². The standard InChI is InChI=1S/C12H18ClFN2O/c1-17-6-2-3-11(16-15)8-9-7-10(13)4-5-12(9)14/h4-5,7,11,16H,2-3,6,8,15H2,1H3. The highest BCUT2D eigenvalue weighted by atomic mass is 35.5. The second-order valence-corrected chi connectivity index (χ2v) is 4.37. The topological polar surface area (TPSA) is 47.3 Å². The summed E-state index contributed by atoms with van der Waals surface area (Å²) in [5.74, 6) is 5.20. The van der Waals surface area contributed by atoms with Gasteiger partial charge in [-0.3, -0.25) is 11.3 Å². The first-order valence-electron chi connectivity index (χ1n) is 5.56. The highest BCUT2D eigenvalue weighted by molar-refractivity contribution is 6.30. The van der Waals surface area contributed by atoms with Gasteiger partial charge in [-0.1, -0.05) is 11.6 Å². The first kappa shape index (κ1) is 14.4. The van der Waals surface area contributed by atoms with E-state index in [4.69, 9.17) is 22.2 Å². The number of ether oxygens (including phenoxy) is 1. The van der Waals surface area contributed by atoms with Gasteiger partial charge in [0.15, 0.2) is 0 Å². The summed E-state index contributed by atoms with van der Waals surface area (Å²) in [5, 5.41) is 0.536. The molecule has 17 heavy (non-hydrogen) atoms. The van der Waals surface area contributed by atoms with Gasteiger partial charge in [0.1, 0.15) is 5.82 Å². The summed E-state index contributed by atoms with van der Waals surface area (Å²) in [6.07, 6.45) is 2.23. The third kappa shape index (κ3) is 5.00. The molecular formula is C12H18ClFN2O. The Labute approximate surface area is 106 Å². The monoisotopic (exact) mass is 260 g/mol. The smallest absolute Gasteiger partial charge is 0.126 e. The van der Waals surface area contributed by atoms with Crippen molar-refractivity contribution in [2.75, 3.05) is 13.7 Å². The predicted octanol–water partition coefficient (Wildman–Crippen LogP) is 2.28. The molecule has 0 aromatic heterocycles. The number of nitrogens with one attached hydrogen (secondary N) is 1. The van der Waals surface area contributed by atoms with Crippen molar-refractivity contribution in [3.05, 3.63) is 34.6 Å². The van der Waals surface area contributed by atoms with Gasteiger partial charge in [-0.05, 0) is 43.0 Å². The van der Waals surface area contributed by atoms with Gasteiger partial charge in [0.2, 0.25) is 0 Å². The normalized spacial score (nSPS) is 12.7. The lowest BCUT2D eigenvalue weighted by Gasteiger charge is -2.16. The fraction of sp³-hybridized carbons (Fsp3) is 0.500. The number of halogens is 2. The summed E-state index contributed by atoms with van der Waals surface area (Å²) in [6, 6.07) is 4.58. The van der Waals surface area contributed by atoms with E-state index in [1.807, 2.05) is 0 Å². The minimum atomic E-state index is -0.249. The second-order valence-electron chi connectivity index (χ2n) is 3.94. The Hall–Kier alpha value is -0.680. The van der Waals surface area contributed by atoms with Gasteiger partial charge in [-0.25, -0.2) is 4.39 Å². The number of benzene rings is 1. The zero-order valence-corrected chi connectivity index (χ0v) is 10.6. The molecule has 1 rings (SSSR count). The summed E-state index contributed by atoms with van der Waals surface area (Å²) in [4.78, 5) is 0. The van der Waals surface area contributed by atoms with Crippen molar-refractivity contribution in [2.45, 2.75) is 25.3 Å². The third-order valence-electron chi connectivity index (χ3n) is 2.61. The largest absolute Gasteiger partial charge is 0.385 e. The molecule has 3 nitrogen and oxygen atoms in total. The Balaban J connectivity index is 2.57. The van der Waals surface area contributed by atoms with Crippen molar-refractivity contribution in [1.82, 2.24) is 5.43 Å². The van der Waals surface area contributed by atoms with E-state index in [-0.39, 0.29) is 11.9 Å². The summed E-state index contributed by atoms with van der Waals surface area (Å²) in [5.41, 5.74) is 3.27. The molecule has 0 bridgehead atoms. The lowest BCUT2D eigenvalue weighted by Crippen LogP contribution is -2.37. The van der Waals surface area contributed by atoms with Crippen LogP contribution in [0.1, 0.15) is 18.4 Å². The van der Waals surface area contributed by atoms with E-state index in [1.165, 1.54) is 12.1 Å². The molecule has 0 aliphatic rings. The van der Waals surface area contributed by atoms with E-state index in [1.54, 1.807) is 13.2 Å². The lowest BCUT2D eigenvalue weighted by atomic mass is 10.0. The summed E-state index contributed by atoms with van der Waals surface area (Å²) >= 11 is 5.83. The maximum Gasteiger partial charge on any atom is 0.126 e. The molecule has 96 valence electrons. The Bertz CT molecular complexity index is 349. The SMILES string of the molecule is COCCCC(Cc1cc(Cl)ccc1F)NN. The van der Waals surface area contributed by atoms with E-state index >= 15 is 0 Å². The fourth-order valence-corrected chi connectivity index (χ4v) is 1.88. The Morgan fingerprint density at radius 2 is 2.29 bits per heavy atom. The van der Waals surface area contributed by atoms with Crippen LogP contribution in [-0.4, -0.2) is 19.8 Å². The first-order chi connectivity index (χ1) is 8.17. The van der Waals surface area contributed by atoms with E-state index in [0.29, 0.717) is 23.6 Å². The number of rotatable bonds is 7. The number of hydrazine groups is 1.